The summed E-state index contributed by atoms with van der Waals surface area (Å²) in [6, 6.07) is 26.2. The molecule has 2 atom stereocenters. The van der Waals surface area contributed by atoms with Crippen molar-refractivity contribution in [2.45, 2.75) is 12.8 Å². The summed E-state index contributed by atoms with van der Waals surface area (Å²) in [7, 11) is 0. The van der Waals surface area contributed by atoms with Crippen molar-refractivity contribution in [3.63, 3.8) is 0 Å². The highest BCUT2D eigenvalue weighted by Gasteiger charge is 2.37. The summed E-state index contributed by atoms with van der Waals surface area (Å²) < 4.78 is 0. The van der Waals surface area contributed by atoms with Crippen LogP contribution in [-0.4, -0.2) is 11.8 Å². The summed E-state index contributed by atoms with van der Waals surface area (Å²) >= 11 is 6.21. The van der Waals surface area contributed by atoms with E-state index in [1.54, 1.807) is 17.0 Å². The zero-order valence-electron chi connectivity index (χ0n) is 16.9. The van der Waals surface area contributed by atoms with E-state index in [4.69, 9.17) is 11.6 Å². The lowest BCUT2D eigenvalue weighted by atomic mass is 9.81. The molecule has 4 nitrogen and oxygen atoms in total. The molecule has 0 radical (unpaired) electrons. The lowest BCUT2D eigenvalue weighted by molar-refractivity contribution is -0.130. The van der Waals surface area contributed by atoms with E-state index in [0.717, 1.165) is 11.4 Å². The molecular formula is C26H23ClN2O2. The molecule has 1 N–H and O–H groups in total. The van der Waals surface area contributed by atoms with Crippen molar-refractivity contribution >= 4 is 40.5 Å². The second kappa shape index (κ2) is 9.63. The first-order chi connectivity index (χ1) is 15.1. The SMILES string of the molecule is O=C(Nc1ccccc1Cl)C1CC=CCC1C(=O)N(c1ccccc1)c1ccccc1. The maximum Gasteiger partial charge on any atom is 0.235 e. The number of nitrogens with one attached hydrogen (secondary N) is 1. The Labute approximate surface area is 187 Å². The fraction of sp³-hybridized carbons (Fsp3) is 0.154. The molecule has 31 heavy (non-hydrogen) atoms. The topological polar surface area (TPSA) is 49.4 Å². The molecule has 156 valence electrons. The van der Waals surface area contributed by atoms with E-state index in [9.17, 15) is 9.59 Å². The zero-order chi connectivity index (χ0) is 21.6. The molecule has 1 aliphatic carbocycles. The molecule has 3 aromatic rings. The lowest BCUT2D eigenvalue weighted by Gasteiger charge is -2.32. The highest BCUT2D eigenvalue weighted by atomic mass is 35.5. The number of hydrogen-bond acceptors (Lipinski definition) is 2. The van der Waals surface area contributed by atoms with Gasteiger partial charge in [0.1, 0.15) is 0 Å². The summed E-state index contributed by atoms with van der Waals surface area (Å²) in [5.74, 6) is -1.26. The summed E-state index contributed by atoms with van der Waals surface area (Å²) in [6.45, 7) is 0. The molecule has 3 aromatic carbocycles. The first-order valence-corrected chi connectivity index (χ1v) is 10.7. The van der Waals surface area contributed by atoms with Gasteiger partial charge in [-0.25, -0.2) is 0 Å². The molecule has 0 fully saturated rings. The van der Waals surface area contributed by atoms with Gasteiger partial charge in [-0.3, -0.25) is 14.5 Å². The van der Waals surface area contributed by atoms with Gasteiger partial charge in [0.15, 0.2) is 0 Å². The Bertz CT molecular complexity index is 1040. The molecule has 0 bridgehead atoms. The van der Waals surface area contributed by atoms with Gasteiger partial charge in [0.2, 0.25) is 11.8 Å². The second-order valence-electron chi connectivity index (χ2n) is 7.47. The number of halogens is 1. The van der Waals surface area contributed by atoms with Gasteiger partial charge in [-0.2, -0.15) is 0 Å². The minimum absolute atomic E-state index is 0.0962. The quantitative estimate of drug-likeness (QED) is 0.488. The third-order valence-electron chi connectivity index (χ3n) is 5.47. The summed E-state index contributed by atoms with van der Waals surface area (Å²) in [5, 5.41) is 3.38. The molecule has 1 aliphatic rings. The molecule has 0 saturated heterocycles. The van der Waals surface area contributed by atoms with Crippen LogP contribution in [0.1, 0.15) is 12.8 Å². The third-order valence-corrected chi connectivity index (χ3v) is 5.80. The van der Waals surface area contributed by atoms with Crippen LogP contribution < -0.4 is 10.2 Å². The highest BCUT2D eigenvalue weighted by Crippen LogP contribution is 2.34. The number of para-hydroxylation sites is 3. The fourth-order valence-electron chi connectivity index (χ4n) is 3.89. The minimum Gasteiger partial charge on any atom is -0.324 e. The standard InChI is InChI=1S/C26H23ClN2O2/c27-23-17-9-10-18-24(23)28-25(30)21-15-7-8-16-22(21)26(31)29(19-11-3-1-4-12-19)20-13-5-2-6-14-20/h1-14,17-18,21-22H,15-16H2,(H,28,30). The number of anilines is 3. The van der Waals surface area contributed by atoms with E-state index in [-0.39, 0.29) is 11.8 Å². The Kier molecular flexibility index (Phi) is 6.48. The number of carbonyl (C=O) groups excluding carboxylic acids is 2. The van der Waals surface area contributed by atoms with Gasteiger partial charge in [-0.05, 0) is 49.2 Å². The third kappa shape index (κ3) is 4.70. The van der Waals surface area contributed by atoms with Gasteiger partial charge in [-0.15, -0.1) is 0 Å². The number of hydrogen-bond donors (Lipinski definition) is 1. The van der Waals surface area contributed by atoms with Gasteiger partial charge in [0, 0.05) is 11.4 Å². The molecule has 0 aromatic heterocycles. The van der Waals surface area contributed by atoms with Gasteiger partial charge in [0.05, 0.1) is 22.5 Å². The molecule has 0 aliphatic heterocycles. The zero-order valence-corrected chi connectivity index (χ0v) is 17.7. The Hall–Kier alpha value is -3.37. The van der Waals surface area contributed by atoms with Crippen LogP contribution >= 0.6 is 11.6 Å². The smallest absolute Gasteiger partial charge is 0.235 e. The number of nitrogens with zero attached hydrogens (tertiary/aromatic N) is 1. The maximum atomic E-state index is 13.8. The van der Waals surface area contributed by atoms with Crippen molar-refractivity contribution in [2.75, 3.05) is 10.2 Å². The average Bonchev–Trinajstić information content (AvgIpc) is 2.82. The molecule has 0 saturated carbocycles. The maximum absolute atomic E-state index is 13.8. The van der Waals surface area contributed by atoms with Crippen LogP contribution in [0.5, 0.6) is 0 Å². The van der Waals surface area contributed by atoms with Crippen LogP contribution in [0.2, 0.25) is 5.02 Å². The molecule has 5 heteroatoms. The van der Waals surface area contributed by atoms with Crippen LogP contribution in [0.15, 0.2) is 97.1 Å². The van der Waals surface area contributed by atoms with E-state index in [1.165, 1.54) is 0 Å². The Morgan fingerprint density at radius 3 is 1.84 bits per heavy atom. The number of benzene rings is 3. The first kappa shape index (κ1) is 20.9. The van der Waals surface area contributed by atoms with Crippen molar-refractivity contribution in [3.05, 3.63) is 102 Å². The van der Waals surface area contributed by atoms with E-state index in [2.05, 4.69) is 5.32 Å². The van der Waals surface area contributed by atoms with Crippen molar-refractivity contribution in [1.29, 1.82) is 0 Å². The Morgan fingerprint density at radius 1 is 0.742 bits per heavy atom. The minimum atomic E-state index is -0.483. The second-order valence-corrected chi connectivity index (χ2v) is 7.88. The van der Waals surface area contributed by atoms with E-state index < -0.39 is 11.8 Å². The van der Waals surface area contributed by atoms with E-state index in [1.807, 2.05) is 84.9 Å². The highest BCUT2D eigenvalue weighted by molar-refractivity contribution is 6.33. The largest absolute Gasteiger partial charge is 0.324 e. The van der Waals surface area contributed by atoms with Crippen molar-refractivity contribution in [1.82, 2.24) is 0 Å². The van der Waals surface area contributed by atoms with Gasteiger partial charge in [0.25, 0.3) is 0 Å². The molecule has 0 heterocycles. The van der Waals surface area contributed by atoms with Crippen LogP contribution in [0.25, 0.3) is 0 Å². The number of allylic oxidation sites excluding steroid dienone is 2. The molecule has 2 unspecified atom stereocenters. The van der Waals surface area contributed by atoms with Crippen molar-refractivity contribution < 1.29 is 9.59 Å². The fourth-order valence-corrected chi connectivity index (χ4v) is 4.07. The average molecular weight is 431 g/mol. The Balaban J connectivity index is 1.64. The van der Waals surface area contributed by atoms with E-state index >= 15 is 0 Å². The van der Waals surface area contributed by atoms with Crippen molar-refractivity contribution in [2.24, 2.45) is 11.8 Å². The van der Waals surface area contributed by atoms with Crippen LogP contribution in [0.3, 0.4) is 0 Å². The van der Waals surface area contributed by atoms with Crippen LogP contribution in [0.4, 0.5) is 17.1 Å². The summed E-state index contributed by atoms with van der Waals surface area (Å²) in [6.07, 6.45) is 4.96. The number of amides is 2. The summed E-state index contributed by atoms with van der Waals surface area (Å²) in [4.78, 5) is 28.7. The molecule has 2 amide bonds. The molecular weight excluding hydrogens is 408 g/mol. The normalized spacial score (nSPS) is 17.7. The van der Waals surface area contributed by atoms with Crippen LogP contribution in [0, 0.1) is 11.8 Å². The number of carbonyl (C=O) groups is 2. The van der Waals surface area contributed by atoms with Gasteiger partial charge >= 0.3 is 0 Å². The molecule has 4 rings (SSSR count). The summed E-state index contributed by atoms with van der Waals surface area (Å²) in [5.41, 5.74) is 2.11. The predicted molar refractivity (Wildman–Crippen MR) is 125 cm³/mol. The predicted octanol–water partition coefficient (Wildman–Crippen LogP) is 6.23. The monoisotopic (exact) mass is 430 g/mol. The van der Waals surface area contributed by atoms with Gasteiger partial charge in [-0.1, -0.05) is 72.3 Å². The van der Waals surface area contributed by atoms with Crippen LogP contribution in [-0.2, 0) is 9.59 Å². The van der Waals surface area contributed by atoms with Crippen molar-refractivity contribution in [3.8, 4) is 0 Å². The Morgan fingerprint density at radius 2 is 1.26 bits per heavy atom. The molecule has 0 spiro atoms. The number of rotatable bonds is 5. The van der Waals surface area contributed by atoms with E-state index in [0.29, 0.717) is 23.6 Å². The van der Waals surface area contributed by atoms with Gasteiger partial charge < -0.3 is 5.32 Å². The lowest BCUT2D eigenvalue weighted by Crippen LogP contribution is -2.41. The first-order valence-electron chi connectivity index (χ1n) is 10.3.